The van der Waals surface area contributed by atoms with Gasteiger partial charge in [0.2, 0.25) is 0 Å². The van der Waals surface area contributed by atoms with Crippen molar-refractivity contribution in [3.05, 3.63) is 65.6 Å². The van der Waals surface area contributed by atoms with E-state index in [1.807, 2.05) is 30.3 Å². The number of rotatable bonds is 4. The van der Waals surface area contributed by atoms with Crippen molar-refractivity contribution in [3.63, 3.8) is 0 Å². The van der Waals surface area contributed by atoms with E-state index in [2.05, 4.69) is 25.8 Å². The second-order valence-corrected chi connectivity index (χ2v) is 3.63. The molecular weight excluding hydrogens is 202 g/mol. The predicted molar refractivity (Wildman–Crippen MR) is 70.5 cm³/mol. The fraction of sp³-hybridized carbons (Fsp3) is 0. The van der Waals surface area contributed by atoms with Gasteiger partial charge in [-0.25, -0.2) is 0 Å². The van der Waals surface area contributed by atoms with E-state index in [-0.39, 0.29) is 0 Å². The van der Waals surface area contributed by atoms with Crippen LogP contribution >= 0.6 is 12.6 Å². The maximum Gasteiger partial charge on any atom is 0.0244 e. The number of benzene rings is 1. The molecule has 76 valence electrons. The Morgan fingerprint density at radius 3 is 2.27 bits per heavy atom. The lowest BCUT2D eigenvalue weighted by atomic mass is 10.0. The molecule has 0 amide bonds. The van der Waals surface area contributed by atoms with Gasteiger partial charge in [-0.1, -0.05) is 43.5 Å². The molecular formula is C13H13NS. The summed E-state index contributed by atoms with van der Waals surface area (Å²) in [6, 6.07) is 9.81. The van der Waals surface area contributed by atoms with Crippen LogP contribution < -0.4 is 0 Å². The SMILES string of the molecule is C=C(C=N)/C=C(\C(=C)S)c1ccccc1. The van der Waals surface area contributed by atoms with Gasteiger partial charge in [0.05, 0.1) is 0 Å². The predicted octanol–water partition coefficient (Wildman–Crippen LogP) is 3.72. The van der Waals surface area contributed by atoms with Crippen LogP contribution in [0.3, 0.4) is 0 Å². The zero-order valence-electron chi connectivity index (χ0n) is 8.40. The standard InChI is InChI=1S/C13H13NS/c1-10(9-14)8-13(11(2)15)12-6-4-3-5-7-12/h3-9,14-15H,1-2H2/b13-8+,14-9?. The Morgan fingerprint density at radius 1 is 1.20 bits per heavy atom. The molecule has 1 aromatic rings. The number of hydrogen-bond donors (Lipinski definition) is 2. The van der Waals surface area contributed by atoms with Crippen LogP contribution in [0.25, 0.3) is 5.57 Å². The molecule has 15 heavy (non-hydrogen) atoms. The molecule has 0 aliphatic carbocycles. The monoisotopic (exact) mass is 215 g/mol. The second kappa shape index (κ2) is 5.37. The molecule has 0 heterocycles. The lowest BCUT2D eigenvalue weighted by molar-refractivity contribution is 1.55. The summed E-state index contributed by atoms with van der Waals surface area (Å²) in [6.45, 7) is 7.53. The zero-order valence-corrected chi connectivity index (χ0v) is 9.30. The van der Waals surface area contributed by atoms with E-state index in [9.17, 15) is 0 Å². The number of nitrogens with one attached hydrogen (secondary N) is 1. The first-order valence-corrected chi connectivity index (χ1v) is 4.94. The van der Waals surface area contributed by atoms with Crippen LogP contribution in [0.2, 0.25) is 0 Å². The van der Waals surface area contributed by atoms with Crippen molar-refractivity contribution >= 4 is 24.4 Å². The highest BCUT2D eigenvalue weighted by Gasteiger charge is 2.02. The minimum atomic E-state index is 0.629. The van der Waals surface area contributed by atoms with Gasteiger partial charge in [0, 0.05) is 11.1 Å². The molecule has 0 radical (unpaired) electrons. The molecule has 1 rings (SSSR count). The molecule has 0 aliphatic rings. The molecule has 0 atom stereocenters. The first-order chi connectivity index (χ1) is 7.15. The van der Waals surface area contributed by atoms with Crippen LogP contribution in [-0.2, 0) is 0 Å². The Bertz CT molecular complexity index is 415. The smallest absolute Gasteiger partial charge is 0.0244 e. The fourth-order valence-electron chi connectivity index (χ4n) is 1.18. The van der Waals surface area contributed by atoms with Gasteiger partial charge >= 0.3 is 0 Å². The molecule has 1 aromatic carbocycles. The van der Waals surface area contributed by atoms with Crippen molar-refractivity contribution in [2.45, 2.75) is 0 Å². The third-order valence-corrected chi connectivity index (χ3v) is 2.15. The van der Waals surface area contributed by atoms with Crippen molar-refractivity contribution in [3.8, 4) is 0 Å². The second-order valence-electron chi connectivity index (χ2n) is 3.09. The van der Waals surface area contributed by atoms with Crippen molar-refractivity contribution < 1.29 is 0 Å². The summed E-state index contributed by atoms with van der Waals surface area (Å²) in [7, 11) is 0. The van der Waals surface area contributed by atoms with E-state index in [4.69, 9.17) is 5.41 Å². The quantitative estimate of drug-likeness (QED) is 0.434. The summed E-state index contributed by atoms with van der Waals surface area (Å²) in [6.07, 6.45) is 3.01. The van der Waals surface area contributed by atoms with E-state index in [1.54, 1.807) is 6.08 Å². The molecule has 1 nitrogen and oxygen atoms in total. The van der Waals surface area contributed by atoms with Crippen molar-refractivity contribution in [1.82, 2.24) is 0 Å². The molecule has 0 fully saturated rings. The molecule has 1 N–H and O–H groups in total. The third kappa shape index (κ3) is 3.26. The zero-order chi connectivity index (χ0) is 11.3. The highest BCUT2D eigenvalue weighted by atomic mass is 32.1. The van der Waals surface area contributed by atoms with Crippen molar-refractivity contribution in [1.29, 1.82) is 5.41 Å². The summed E-state index contributed by atoms with van der Waals surface area (Å²) in [5.41, 5.74) is 2.55. The van der Waals surface area contributed by atoms with Gasteiger partial charge in [-0.2, -0.15) is 0 Å². The number of hydrogen-bond acceptors (Lipinski definition) is 2. The highest BCUT2D eigenvalue weighted by molar-refractivity contribution is 7.85. The minimum Gasteiger partial charge on any atom is -0.308 e. The van der Waals surface area contributed by atoms with Crippen LogP contribution in [0.5, 0.6) is 0 Å². The number of allylic oxidation sites excluding steroid dienone is 3. The maximum atomic E-state index is 7.08. The molecule has 0 aromatic heterocycles. The van der Waals surface area contributed by atoms with Crippen LogP contribution in [-0.4, -0.2) is 6.21 Å². The van der Waals surface area contributed by atoms with E-state index < -0.39 is 0 Å². The highest BCUT2D eigenvalue weighted by Crippen LogP contribution is 2.24. The van der Waals surface area contributed by atoms with Gasteiger partial charge in [-0.05, 0) is 22.8 Å². The maximum absolute atomic E-state index is 7.08. The van der Waals surface area contributed by atoms with Gasteiger partial charge in [0.1, 0.15) is 0 Å². The summed E-state index contributed by atoms with van der Waals surface area (Å²) in [5, 5.41) is 7.08. The van der Waals surface area contributed by atoms with Crippen molar-refractivity contribution in [2.24, 2.45) is 0 Å². The van der Waals surface area contributed by atoms with Crippen molar-refractivity contribution in [2.75, 3.05) is 0 Å². The molecule has 2 heteroatoms. The van der Waals surface area contributed by atoms with Crippen LogP contribution in [0.1, 0.15) is 5.56 Å². The third-order valence-electron chi connectivity index (χ3n) is 1.91. The molecule has 0 bridgehead atoms. The fourth-order valence-corrected chi connectivity index (χ4v) is 1.37. The van der Waals surface area contributed by atoms with E-state index in [1.165, 1.54) is 6.21 Å². The van der Waals surface area contributed by atoms with Crippen LogP contribution in [0.15, 0.2) is 60.0 Å². The number of thiol groups is 1. The normalized spacial score (nSPS) is 10.9. The minimum absolute atomic E-state index is 0.629. The van der Waals surface area contributed by atoms with Gasteiger partial charge < -0.3 is 5.41 Å². The summed E-state index contributed by atoms with van der Waals surface area (Å²) in [4.78, 5) is 0.671. The molecule has 0 saturated heterocycles. The topological polar surface area (TPSA) is 23.9 Å². The Kier molecular flexibility index (Phi) is 4.13. The largest absolute Gasteiger partial charge is 0.308 e. The first-order valence-electron chi connectivity index (χ1n) is 4.50. The Balaban J connectivity index is 3.15. The average Bonchev–Trinajstić information content (AvgIpc) is 2.26. The Labute approximate surface area is 95.8 Å². The van der Waals surface area contributed by atoms with Crippen LogP contribution in [0.4, 0.5) is 0 Å². The van der Waals surface area contributed by atoms with E-state index in [0.717, 1.165) is 11.1 Å². The van der Waals surface area contributed by atoms with E-state index >= 15 is 0 Å². The summed E-state index contributed by atoms with van der Waals surface area (Å²) in [5.74, 6) is 0. The Morgan fingerprint density at radius 2 is 1.80 bits per heavy atom. The Hall–Kier alpha value is -1.54. The average molecular weight is 215 g/mol. The van der Waals surface area contributed by atoms with E-state index in [0.29, 0.717) is 10.5 Å². The van der Waals surface area contributed by atoms with Gasteiger partial charge in [-0.3, -0.25) is 0 Å². The molecule has 0 aliphatic heterocycles. The summed E-state index contributed by atoms with van der Waals surface area (Å²) >= 11 is 4.24. The lowest BCUT2D eigenvalue weighted by Gasteiger charge is -2.06. The lowest BCUT2D eigenvalue weighted by Crippen LogP contribution is -1.86. The molecule has 0 spiro atoms. The molecule has 0 saturated carbocycles. The first kappa shape index (κ1) is 11.5. The van der Waals surface area contributed by atoms with Gasteiger partial charge in [-0.15, -0.1) is 12.6 Å². The van der Waals surface area contributed by atoms with Gasteiger partial charge in [0.25, 0.3) is 0 Å². The summed E-state index contributed by atoms with van der Waals surface area (Å²) < 4.78 is 0. The van der Waals surface area contributed by atoms with Crippen LogP contribution in [0, 0.1) is 5.41 Å². The molecule has 0 unspecified atom stereocenters. The van der Waals surface area contributed by atoms with Gasteiger partial charge in [0.15, 0.2) is 0 Å².